The normalized spacial score (nSPS) is 19.4. The lowest BCUT2D eigenvalue weighted by Gasteiger charge is -2.23. The van der Waals surface area contributed by atoms with Crippen molar-refractivity contribution in [3.8, 4) is 0 Å². The summed E-state index contributed by atoms with van der Waals surface area (Å²) in [5, 5.41) is 6.19. The Kier molecular flexibility index (Phi) is 6.84. The second kappa shape index (κ2) is 7.92. The van der Waals surface area contributed by atoms with Gasteiger partial charge in [-0.1, -0.05) is 0 Å². The van der Waals surface area contributed by atoms with Gasteiger partial charge in [0.25, 0.3) is 0 Å². The fourth-order valence-corrected chi connectivity index (χ4v) is 2.35. The van der Waals surface area contributed by atoms with Gasteiger partial charge in [0, 0.05) is 11.8 Å². The molecule has 1 fully saturated rings. The molecule has 0 aliphatic carbocycles. The molecule has 4 nitrogen and oxygen atoms in total. The summed E-state index contributed by atoms with van der Waals surface area (Å²) < 4.78 is 5.56. The van der Waals surface area contributed by atoms with E-state index in [1.165, 1.54) is 0 Å². The zero-order valence-electron chi connectivity index (χ0n) is 10.1. The van der Waals surface area contributed by atoms with Crippen LogP contribution in [0.25, 0.3) is 0 Å². The van der Waals surface area contributed by atoms with Crippen LogP contribution in [0.5, 0.6) is 0 Å². The van der Waals surface area contributed by atoms with Gasteiger partial charge in [-0.25, -0.2) is 0 Å². The van der Waals surface area contributed by atoms with Crippen LogP contribution in [0.3, 0.4) is 0 Å². The van der Waals surface area contributed by atoms with Crippen LogP contribution < -0.4 is 10.6 Å². The number of thioether (sulfide) groups is 1. The highest BCUT2D eigenvalue weighted by atomic mass is 32.2. The van der Waals surface area contributed by atoms with Crippen molar-refractivity contribution in [1.29, 1.82) is 0 Å². The second-order valence-corrected chi connectivity index (χ2v) is 5.09. The van der Waals surface area contributed by atoms with E-state index < -0.39 is 0 Å². The van der Waals surface area contributed by atoms with Crippen LogP contribution in [0, 0.1) is 0 Å². The van der Waals surface area contributed by atoms with E-state index in [4.69, 9.17) is 4.74 Å². The molecule has 0 spiro atoms. The van der Waals surface area contributed by atoms with E-state index in [2.05, 4.69) is 10.6 Å². The standard InChI is InChI=1S/C11H22N2O2S/c1-9(8-16-2)13-11(14)7-15-10-3-5-12-6-4-10/h9-10,12H,3-8H2,1-2H3,(H,13,14). The highest BCUT2D eigenvalue weighted by Crippen LogP contribution is 2.06. The lowest BCUT2D eigenvalue weighted by Crippen LogP contribution is -2.39. The van der Waals surface area contributed by atoms with Crippen molar-refractivity contribution in [2.75, 3.05) is 31.7 Å². The Hall–Kier alpha value is -0.260. The number of rotatable bonds is 6. The summed E-state index contributed by atoms with van der Waals surface area (Å²) in [6, 6.07) is 0.221. The van der Waals surface area contributed by atoms with Crippen LogP contribution in [0.4, 0.5) is 0 Å². The Balaban J connectivity index is 2.09. The first-order chi connectivity index (χ1) is 7.72. The minimum Gasteiger partial charge on any atom is -0.368 e. The fourth-order valence-electron chi connectivity index (χ4n) is 1.76. The van der Waals surface area contributed by atoms with Gasteiger partial charge in [0.05, 0.1) is 6.10 Å². The predicted octanol–water partition coefficient (Wildman–Crippen LogP) is 0.623. The van der Waals surface area contributed by atoms with Crippen molar-refractivity contribution in [3.63, 3.8) is 0 Å². The summed E-state index contributed by atoms with van der Waals surface area (Å²) in [7, 11) is 0. The van der Waals surface area contributed by atoms with Gasteiger partial charge < -0.3 is 15.4 Å². The number of hydrogen-bond donors (Lipinski definition) is 2. The van der Waals surface area contributed by atoms with Gasteiger partial charge in [-0.05, 0) is 39.1 Å². The minimum atomic E-state index is 0.0000765. The van der Waals surface area contributed by atoms with Gasteiger partial charge in [-0.15, -0.1) is 0 Å². The lowest BCUT2D eigenvalue weighted by molar-refractivity contribution is -0.128. The van der Waals surface area contributed by atoms with Crippen molar-refractivity contribution in [1.82, 2.24) is 10.6 Å². The Morgan fingerprint density at radius 1 is 1.56 bits per heavy atom. The Labute approximate surface area is 102 Å². The SMILES string of the molecule is CSCC(C)NC(=O)COC1CCNCC1. The number of amides is 1. The molecule has 1 aliphatic heterocycles. The lowest BCUT2D eigenvalue weighted by atomic mass is 10.1. The topological polar surface area (TPSA) is 50.4 Å². The smallest absolute Gasteiger partial charge is 0.246 e. The van der Waals surface area contributed by atoms with Crippen molar-refractivity contribution in [2.45, 2.75) is 31.9 Å². The zero-order valence-corrected chi connectivity index (χ0v) is 10.9. The molecule has 0 aromatic heterocycles. The Bertz CT molecular complexity index is 208. The van der Waals surface area contributed by atoms with E-state index in [0.717, 1.165) is 31.7 Å². The third-order valence-electron chi connectivity index (χ3n) is 2.56. The number of nitrogens with one attached hydrogen (secondary N) is 2. The van der Waals surface area contributed by atoms with E-state index in [1.807, 2.05) is 13.2 Å². The number of hydrogen-bond acceptors (Lipinski definition) is 4. The summed E-state index contributed by atoms with van der Waals surface area (Å²) in [4.78, 5) is 11.5. The highest BCUT2D eigenvalue weighted by Gasteiger charge is 2.15. The minimum absolute atomic E-state index is 0.0000765. The molecule has 1 amide bonds. The summed E-state index contributed by atoms with van der Waals surface area (Å²) in [6.45, 7) is 4.20. The van der Waals surface area contributed by atoms with Gasteiger partial charge in [0.1, 0.15) is 6.61 Å². The molecule has 0 bridgehead atoms. The maximum absolute atomic E-state index is 11.5. The molecular formula is C11H22N2O2S. The highest BCUT2D eigenvalue weighted by molar-refractivity contribution is 7.98. The molecule has 1 unspecified atom stereocenters. The van der Waals surface area contributed by atoms with Gasteiger partial charge in [-0.3, -0.25) is 4.79 Å². The van der Waals surface area contributed by atoms with E-state index in [1.54, 1.807) is 11.8 Å². The average Bonchev–Trinajstić information content (AvgIpc) is 2.28. The van der Waals surface area contributed by atoms with Crippen LogP contribution in [0.2, 0.25) is 0 Å². The van der Waals surface area contributed by atoms with Crippen molar-refractivity contribution < 1.29 is 9.53 Å². The molecule has 94 valence electrons. The molecule has 1 aliphatic rings. The molecule has 1 atom stereocenters. The van der Waals surface area contributed by atoms with Crippen LogP contribution in [-0.4, -0.2) is 49.8 Å². The third-order valence-corrected chi connectivity index (χ3v) is 3.39. The molecule has 0 aromatic carbocycles. The molecule has 2 N–H and O–H groups in total. The number of carbonyl (C=O) groups excluding carboxylic acids is 1. The molecule has 5 heteroatoms. The molecule has 1 heterocycles. The first-order valence-electron chi connectivity index (χ1n) is 5.83. The van der Waals surface area contributed by atoms with Gasteiger partial charge >= 0.3 is 0 Å². The number of carbonyl (C=O) groups is 1. The molecule has 1 saturated heterocycles. The Morgan fingerprint density at radius 3 is 2.88 bits per heavy atom. The monoisotopic (exact) mass is 246 g/mol. The zero-order chi connectivity index (χ0) is 11.8. The van der Waals surface area contributed by atoms with Crippen LogP contribution in [0.1, 0.15) is 19.8 Å². The summed E-state index contributed by atoms with van der Waals surface area (Å²) in [5.41, 5.74) is 0. The average molecular weight is 246 g/mol. The summed E-state index contributed by atoms with van der Waals surface area (Å²) >= 11 is 1.73. The first-order valence-corrected chi connectivity index (χ1v) is 7.22. The summed E-state index contributed by atoms with van der Waals surface area (Å²) in [5.74, 6) is 0.944. The van der Waals surface area contributed by atoms with Crippen molar-refractivity contribution in [3.05, 3.63) is 0 Å². The van der Waals surface area contributed by atoms with Crippen LogP contribution >= 0.6 is 11.8 Å². The maximum atomic E-state index is 11.5. The molecule has 0 aromatic rings. The van der Waals surface area contributed by atoms with Gasteiger partial charge in [0.2, 0.25) is 5.91 Å². The van der Waals surface area contributed by atoms with Gasteiger partial charge in [0.15, 0.2) is 0 Å². The molecule has 1 rings (SSSR count). The third kappa shape index (κ3) is 5.72. The van der Waals surface area contributed by atoms with Crippen LogP contribution in [0.15, 0.2) is 0 Å². The van der Waals surface area contributed by atoms with Crippen LogP contribution in [-0.2, 0) is 9.53 Å². The number of piperidine rings is 1. The van der Waals surface area contributed by atoms with Crippen molar-refractivity contribution >= 4 is 17.7 Å². The summed E-state index contributed by atoms with van der Waals surface area (Å²) in [6.07, 6.45) is 4.30. The van der Waals surface area contributed by atoms with E-state index >= 15 is 0 Å². The predicted molar refractivity (Wildman–Crippen MR) is 67.8 cm³/mol. The quantitative estimate of drug-likeness (QED) is 0.721. The van der Waals surface area contributed by atoms with E-state index in [9.17, 15) is 4.79 Å². The van der Waals surface area contributed by atoms with Gasteiger partial charge in [-0.2, -0.15) is 11.8 Å². The molecular weight excluding hydrogens is 224 g/mol. The largest absolute Gasteiger partial charge is 0.368 e. The maximum Gasteiger partial charge on any atom is 0.246 e. The fraction of sp³-hybridized carbons (Fsp3) is 0.909. The second-order valence-electron chi connectivity index (χ2n) is 4.18. The first kappa shape index (κ1) is 13.8. The molecule has 16 heavy (non-hydrogen) atoms. The molecule has 0 saturated carbocycles. The van der Waals surface area contributed by atoms with Crippen molar-refractivity contribution in [2.24, 2.45) is 0 Å². The van der Waals surface area contributed by atoms with E-state index in [0.29, 0.717) is 0 Å². The molecule has 0 radical (unpaired) electrons. The number of ether oxygens (including phenoxy) is 1. The Morgan fingerprint density at radius 2 is 2.25 bits per heavy atom. The van der Waals surface area contributed by atoms with E-state index in [-0.39, 0.29) is 24.7 Å².